The van der Waals surface area contributed by atoms with E-state index in [-0.39, 0.29) is 29.0 Å². The summed E-state index contributed by atoms with van der Waals surface area (Å²) in [7, 11) is -4.83. The van der Waals surface area contributed by atoms with Crippen LogP contribution in [0.1, 0.15) is 65.5 Å². The Morgan fingerprint density at radius 3 is 1.78 bits per heavy atom. The van der Waals surface area contributed by atoms with E-state index in [1.54, 1.807) is 0 Å². The van der Waals surface area contributed by atoms with Crippen molar-refractivity contribution in [1.29, 1.82) is 0 Å². The number of hydrogen-bond donors (Lipinski definition) is 1. The molecule has 3 aromatic carbocycles. The fraction of sp³-hybridized carbons (Fsp3) is 0.444. The largest absolute Gasteiger partial charge is 0.417 e. The van der Waals surface area contributed by atoms with Gasteiger partial charge in [-0.1, -0.05) is 126 Å². The molecule has 1 amide bonds. The first kappa shape index (κ1) is 35.3. The van der Waals surface area contributed by atoms with Crippen molar-refractivity contribution in [2.24, 2.45) is 0 Å². The molecule has 0 radical (unpaired) electrons. The van der Waals surface area contributed by atoms with Crippen LogP contribution in [0.15, 0.2) is 84.9 Å². The Balaban J connectivity index is 1.61. The third-order valence-corrected chi connectivity index (χ3v) is 20.0. The molecule has 4 rings (SSSR count). The lowest BCUT2D eigenvalue weighted by Crippen LogP contribution is -2.66. The van der Waals surface area contributed by atoms with Crippen LogP contribution in [-0.2, 0) is 30.6 Å². The molecule has 1 aliphatic heterocycles. The molecule has 3 aromatic rings. The Hall–Kier alpha value is -2.54. The molecule has 242 valence electrons. The highest BCUT2D eigenvalue weighted by Gasteiger charge is 2.50. The van der Waals surface area contributed by atoms with Crippen molar-refractivity contribution in [3.63, 3.8) is 0 Å². The maximum atomic E-state index is 13.6. The molecule has 1 atom stereocenters. The van der Waals surface area contributed by atoms with Gasteiger partial charge in [0.15, 0.2) is 13.9 Å². The SMILES string of the molecule is CC(C)(C)[Si](C)(C)OCCC(O)(C(=O)SN1CCC1=O)c1ccc(CO[Si](c2ccccc2)(c2ccccc2)C(C)(C)C)cc1. The molecular formula is C36H49NO5SSi2. The van der Waals surface area contributed by atoms with Crippen molar-refractivity contribution in [3.05, 3.63) is 96.1 Å². The van der Waals surface area contributed by atoms with E-state index in [9.17, 15) is 14.7 Å². The van der Waals surface area contributed by atoms with E-state index in [2.05, 4.69) is 103 Å². The first-order valence-corrected chi connectivity index (χ1v) is 21.3. The van der Waals surface area contributed by atoms with Gasteiger partial charge >= 0.3 is 0 Å². The average molecular weight is 664 g/mol. The molecular weight excluding hydrogens is 615 g/mol. The van der Waals surface area contributed by atoms with Crippen LogP contribution in [0.3, 0.4) is 0 Å². The van der Waals surface area contributed by atoms with Crippen LogP contribution in [0.2, 0.25) is 23.2 Å². The number of hydrogen-bond acceptors (Lipinski definition) is 6. The third kappa shape index (κ3) is 7.55. The normalized spacial score (nSPS) is 15.8. The maximum Gasteiger partial charge on any atom is 0.261 e. The molecule has 0 aliphatic carbocycles. The topological polar surface area (TPSA) is 76.1 Å². The first-order chi connectivity index (χ1) is 21.0. The van der Waals surface area contributed by atoms with Crippen LogP contribution in [0.5, 0.6) is 0 Å². The summed E-state index contributed by atoms with van der Waals surface area (Å²) >= 11 is 0.807. The van der Waals surface area contributed by atoms with Crippen molar-refractivity contribution < 1.29 is 23.5 Å². The van der Waals surface area contributed by atoms with E-state index < -0.39 is 27.4 Å². The van der Waals surface area contributed by atoms with Crippen molar-refractivity contribution in [2.45, 2.75) is 89.8 Å². The summed E-state index contributed by atoms with van der Waals surface area (Å²) in [6.45, 7) is 18.7. The van der Waals surface area contributed by atoms with Crippen LogP contribution >= 0.6 is 11.9 Å². The van der Waals surface area contributed by atoms with Crippen LogP contribution in [0.4, 0.5) is 0 Å². The molecule has 1 fully saturated rings. The Bertz CT molecular complexity index is 1410. The van der Waals surface area contributed by atoms with Gasteiger partial charge in [-0.2, -0.15) is 0 Å². The minimum atomic E-state index is -2.73. The Morgan fingerprint density at radius 1 is 0.822 bits per heavy atom. The number of carbonyl (C=O) groups is 2. The summed E-state index contributed by atoms with van der Waals surface area (Å²) in [6, 6.07) is 28.5. The Morgan fingerprint density at radius 2 is 1.36 bits per heavy atom. The van der Waals surface area contributed by atoms with Crippen molar-refractivity contribution in [3.8, 4) is 0 Å². The summed E-state index contributed by atoms with van der Waals surface area (Å²) in [6.07, 6.45) is 0.526. The van der Waals surface area contributed by atoms with Gasteiger partial charge in [-0.15, -0.1) is 0 Å². The molecule has 1 unspecified atom stereocenters. The van der Waals surface area contributed by atoms with Crippen LogP contribution in [-0.4, -0.2) is 50.2 Å². The summed E-state index contributed by atoms with van der Waals surface area (Å²) in [5.41, 5.74) is -0.370. The highest BCUT2D eigenvalue weighted by molar-refractivity contribution is 8.12. The third-order valence-electron chi connectivity index (χ3n) is 9.37. The Kier molecular flexibility index (Phi) is 10.7. The van der Waals surface area contributed by atoms with Crippen LogP contribution in [0, 0.1) is 0 Å². The minimum absolute atomic E-state index is 0.000660. The van der Waals surface area contributed by atoms with Gasteiger partial charge in [-0.25, -0.2) is 0 Å². The molecule has 1 heterocycles. The second kappa shape index (κ2) is 13.7. The number of nitrogens with zero attached hydrogens (tertiary/aromatic N) is 1. The molecule has 9 heteroatoms. The summed E-state index contributed by atoms with van der Waals surface area (Å²) in [4.78, 5) is 25.6. The first-order valence-electron chi connectivity index (χ1n) is 15.7. The van der Waals surface area contributed by atoms with Gasteiger partial charge in [0.2, 0.25) is 11.0 Å². The number of amides is 1. The molecule has 0 bridgehead atoms. The van der Waals surface area contributed by atoms with Crippen LogP contribution < -0.4 is 10.4 Å². The zero-order valence-corrected chi connectivity index (χ0v) is 30.9. The van der Waals surface area contributed by atoms with Gasteiger partial charge in [0.25, 0.3) is 8.32 Å². The van der Waals surface area contributed by atoms with Gasteiger partial charge in [-0.3, -0.25) is 13.9 Å². The van der Waals surface area contributed by atoms with Crippen molar-refractivity contribution in [1.82, 2.24) is 4.31 Å². The monoisotopic (exact) mass is 663 g/mol. The molecule has 6 nitrogen and oxygen atoms in total. The van der Waals surface area contributed by atoms with E-state index in [1.165, 1.54) is 14.7 Å². The average Bonchev–Trinajstić information content (AvgIpc) is 2.99. The fourth-order valence-electron chi connectivity index (χ4n) is 5.43. The standard InChI is InChI=1S/C36H49NO5SSi2/c1-34(2,3)44(7,8)41-26-24-36(40,33(39)43-37-25-23-32(37)38)29-21-19-28(20-22-29)27-42-45(35(4,5)6,30-15-11-9-12-16-30)31-17-13-10-14-18-31/h9-22,40H,23-27H2,1-8H3. The second-order valence-electron chi connectivity index (χ2n) is 14.5. The number of β-lactam (4-membered cyclic amide) rings is 1. The number of carbonyl (C=O) groups excluding carboxylic acids is 2. The lowest BCUT2D eigenvalue weighted by molar-refractivity contribution is -0.135. The summed E-state index contributed by atoms with van der Waals surface area (Å²) < 4.78 is 14.9. The van der Waals surface area contributed by atoms with Gasteiger partial charge in [0, 0.05) is 37.9 Å². The highest BCUT2D eigenvalue weighted by Crippen LogP contribution is 2.40. The van der Waals surface area contributed by atoms with E-state index >= 15 is 0 Å². The number of rotatable bonds is 12. The molecule has 0 aromatic heterocycles. The molecule has 0 spiro atoms. The lowest BCUT2D eigenvalue weighted by atomic mass is 9.91. The molecule has 0 saturated carbocycles. The van der Waals surface area contributed by atoms with Gasteiger partial charge in [-0.05, 0) is 44.7 Å². The quantitative estimate of drug-likeness (QED) is 0.131. The lowest BCUT2D eigenvalue weighted by Gasteiger charge is -2.43. The van der Waals surface area contributed by atoms with E-state index in [0.717, 1.165) is 17.5 Å². The molecule has 1 aliphatic rings. The van der Waals surface area contributed by atoms with Crippen molar-refractivity contribution >= 4 is 50.0 Å². The molecule has 1 saturated heterocycles. The van der Waals surface area contributed by atoms with Gasteiger partial charge in [0.1, 0.15) is 0 Å². The Labute approximate surface area is 275 Å². The second-order valence-corrected chi connectivity index (χ2v) is 24.6. The predicted molar refractivity (Wildman–Crippen MR) is 189 cm³/mol. The fourth-order valence-corrected chi connectivity index (χ4v) is 12.0. The minimum Gasteiger partial charge on any atom is -0.417 e. The highest BCUT2D eigenvalue weighted by atomic mass is 32.2. The predicted octanol–water partition coefficient (Wildman–Crippen LogP) is 6.77. The number of benzene rings is 3. The number of aliphatic hydroxyl groups is 1. The maximum absolute atomic E-state index is 13.6. The van der Waals surface area contributed by atoms with E-state index in [0.29, 0.717) is 25.1 Å². The van der Waals surface area contributed by atoms with Crippen molar-refractivity contribution in [2.75, 3.05) is 13.2 Å². The van der Waals surface area contributed by atoms with Crippen LogP contribution in [0.25, 0.3) is 0 Å². The van der Waals surface area contributed by atoms with Gasteiger partial charge < -0.3 is 14.0 Å². The van der Waals surface area contributed by atoms with E-state index in [4.69, 9.17) is 8.85 Å². The summed E-state index contributed by atoms with van der Waals surface area (Å²) in [5.74, 6) is -0.0935. The van der Waals surface area contributed by atoms with Gasteiger partial charge in [0.05, 0.1) is 6.61 Å². The zero-order chi connectivity index (χ0) is 33.1. The van der Waals surface area contributed by atoms with E-state index in [1.807, 2.05) is 36.4 Å². The molecule has 45 heavy (non-hydrogen) atoms. The summed E-state index contributed by atoms with van der Waals surface area (Å²) in [5, 5.41) is 13.8. The molecule has 1 N–H and O–H groups in total. The zero-order valence-electron chi connectivity index (χ0n) is 28.1. The smallest absolute Gasteiger partial charge is 0.261 e.